The van der Waals surface area contributed by atoms with Gasteiger partial charge in [0.05, 0.1) is 25.3 Å². The molecule has 7 nitrogen and oxygen atoms in total. The first-order valence-electron chi connectivity index (χ1n) is 10.7. The number of hydrogen-bond acceptors (Lipinski definition) is 8. The van der Waals surface area contributed by atoms with Crippen LogP contribution in [0.5, 0.6) is 0 Å². The van der Waals surface area contributed by atoms with Crippen molar-refractivity contribution < 1.29 is 36.6 Å². The maximum absolute atomic E-state index is 14.2. The number of esters is 1. The van der Waals surface area contributed by atoms with Gasteiger partial charge in [0.2, 0.25) is 0 Å². The lowest BCUT2D eigenvalue weighted by Gasteiger charge is -2.41. The number of ether oxygens (including phenoxy) is 1. The first-order chi connectivity index (χ1) is 16.9. The predicted octanol–water partition coefficient (Wildman–Crippen LogP) is 3.79. The number of aliphatic imine (C=N–C) groups is 1. The Bertz CT molecular complexity index is 1190. The summed E-state index contributed by atoms with van der Waals surface area (Å²) in [5, 5.41) is 14.2. The van der Waals surface area contributed by atoms with Crippen molar-refractivity contribution in [3.63, 3.8) is 0 Å². The minimum absolute atomic E-state index is 0.0398. The number of piperidine rings is 1. The molecular weight excluding hydrogens is 531 g/mol. The Kier molecular flexibility index (Phi) is 7.37. The molecule has 0 spiro atoms. The topological polar surface area (TPSA) is 87.0 Å². The van der Waals surface area contributed by atoms with Crippen LogP contribution in [0.2, 0.25) is 5.02 Å². The number of nitrogens with zero attached hydrogens (tertiary/aromatic N) is 3. The van der Waals surface area contributed by atoms with Gasteiger partial charge < -0.3 is 15.2 Å². The third-order valence-electron chi connectivity index (χ3n) is 5.56. The highest BCUT2D eigenvalue weighted by Crippen LogP contribution is 2.40. The molecule has 1 atom stereocenters. The van der Waals surface area contributed by atoms with Gasteiger partial charge in [-0.15, -0.1) is 11.3 Å². The van der Waals surface area contributed by atoms with Crippen molar-refractivity contribution in [2.75, 3.05) is 26.2 Å². The van der Waals surface area contributed by atoms with Crippen LogP contribution in [0.3, 0.4) is 0 Å². The maximum Gasteiger partial charge on any atom is 0.338 e. The summed E-state index contributed by atoms with van der Waals surface area (Å²) in [6.45, 7) is -1.43. The molecule has 2 N–H and O–H groups in total. The molecule has 2 aliphatic heterocycles. The SMILES string of the molecule is CCOC(=O)C1=C(CN2CC(F)(F)C(O)C(F)(F)C2)NC(c2nccs2)=NC1c1ccc(F)cc1Cl. The maximum atomic E-state index is 14.2. The second-order valence-electron chi connectivity index (χ2n) is 8.19. The van der Waals surface area contributed by atoms with E-state index < -0.39 is 55.4 Å². The van der Waals surface area contributed by atoms with Crippen molar-refractivity contribution in [3.8, 4) is 0 Å². The van der Waals surface area contributed by atoms with Crippen LogP contribution in [0, 0.1) is 5.82 Å². The standard InChI is InChI=1S/C22H20ClF5N4O3S/c1-2-35-19(33)15-14(8-32-9-21(25,26)20(34)22(27,28)10-32)30-17(18-29-5-6-36-18)31-16(15)12-4-3-11(24)7-13(12)23/h3-7,16,20,34H,2,8-10H2,1H3,(H,30,31). The van der Waals surface area contributed by atoms with Crippen molar-refractivity contribution >= 4 is 34.7 Å². The Balaban J connectivity index is 1.82. The van der Waals surface area contributed by atoms with Crippen LogP contribution in [0.15, 0.2) is 46.0 Å². The van der Waals surface area contributed by atoms with Crippen molar-refractivity contribution in [1.29, 1.82) is 0 Å². The summed E-state index contributed by atoms with van der Waals surface area (Å²) >= 11 is 7.44. The van der Waals surface area contributed by atoms with E-state index in [0.29, 0.717) is 5.01 Å². The lowest BCUT2D eigenvalue weighted by Crippen LogP contribution is -2.63. The molecule has 0 aliphatic carbocycles. The molecule has 14 heteroatoms. The molecule has 2 aromatic rings. The van der Waals surface area contributed by atoms with E-state index in [1.54, 1.807) is 12.3 Å². The molecule has 1 unspecified atom stereocenters. The van der Waals surface area contributed by atoms with Crippen LogP contribution in [0.25, 0.3) is 0 Å². The van der Waals surface area contributed by atoms with Gasteiger partial charge in [-0.1, -0.05) is 17.7 Å². The van der Waals surface area contributed by atoms with Crippen LogP contribution in [0.4, 0.5) is 22.0 Å². The average Bonchev–Trinajstić information content (AvgIpc) is 3.32. The Morgan fingerprint density at radius 2 is 2.00 bits per heavy atom. The summed E-state index contributed by atoms with van der Waals surface area (Å²) in [6, 6.07) is 2.26. The number of aromatic nitrogens is 1. The van der Waals surface area contributed by atoms with E-state index in [4.69, 9.17) is 16.3 Å². The molecule has 0 radical (unpaired) electrons. The largest absolute Gasteiger partial charge is 0.463 e. The summed E-state index contributed by atoms with van der Waals surface area (Å²) in [6.07, 6.45) is -1.65. The van der Waals surface area contributed by atoms with Crippen LogP contribution < -0.4 is 5.32 Å². The van der Waals surface area contributed by atoms with E-state index in [9.17, 15) is 31.9 Å². The molecule has 3 heterocycles. The summed E-state index contributed by atoms with van der Waals surface area (Å²) in [5.74, 6) is -9.60. The molecule has 36 heavy (non-hydrogen) atoms. The zero-order chi connectivity index (χ0) is 26.3. The Hall–Kier alpha value is -2.61. The summed E-state index contributed by atoms with van der Waals surface area (Å²) in [5.41, 5.74) is 0.00403. The fourth-order valence-corrected chi connectivity index (χ4v) is 4.89. The number of hydrogen-bond donors (Lipinski definition) is 2. The van der Waals surface area contributed by atoms with E-state index in [1.807, 2.05) is 0 Å². The molecule has 0 amide bonds. The number of nitrogens with one attached hydrogen (secondary N) is 1. The van der Waals surface area contributed by atoms with Gasteiger partial charge in [-0.05, 0) is 19.1 Å². The summed E-state index contributed by atoms with van der Waals surface area (Å²) in [4.78, 5) is 22.4. The summed E-state index contributed by atoms with van der Waals surface area (Å²) < 4.78 is 75.8. The number of amidine groups is 1. The lowest BCUT2D eigenvalue weighted by atomic mass is 9.94. The van der Waals surface area contributed by atoms with Crippen molar-refractivity contribution in [2.45, 2.75) is 30.9 Å². The first-order valence-corrected chi connectivity index (χ1v) is 11.9. The van der Waals surface area contributed by atoms with Gasteiger partial charge in [0.1, 0.15) is 11.9 Å². The molecule has 0 saturated carbocycles. The highest BCUT2D eigenvalue weighted by molar-refractivity contribution is 7.11. The highest BCUT2D eigenvalue weighted by atomic mass is 35.5. The minimum atomic E-state index is -4.10. The molecule has 1 saturated heterocycles. The third kappa shape index (κ3) is 5.24. The Morgan fingerprint density at radius 1 is 1.31 bits per heavy atom. The fraction of sp³-hybridized carbons (Fsp3) is 0.409. The van der Waals surface area contributed by atoms with Crippen molar-refractivity contribution in [2.24, 2.45) is 4.99 Å². The predicted molar refractivity (Wildman–Crippen MR) is 122 cm³/mol. The van der Waals surface area contributed by atoms with Gasteiger partial charge >= 0.3 is 5.97 Å². The van der Waals surface area contributed by atoms with Gasteiger partial charge in [-0.3, -0.25) is 9.89 Å². The number of rotatable bonds is 6. The third-order valence-corrected chi connectivity index (χ3v) is 6.67. The number of halogens is 6. The van der Waals surface area contributed by atoms with E-state index in [0.717, 1.165) is 17.0 Å². The molecule has 2 aliphatic rings. The van der Waals surface area contributed by atoms with E-state index in [-0.39, 0.29) is 34.3 Å². The Morgan fingerprint density at radius 3 is 2.58 bits per heavy atom. The first kappa shape index (κ1) is 26.5. The van der Waals surface area contributed by atoms with Gasteiger partial charge in [-0.25, -0.2) is 31.7 Å². The number of aliphatic hydroxyl groups excluding tert-OH is 1. The van der Waals surface area contributed by atoms with Gasteiger partial charge in [-0.2, -0.15) is 0 Å². The number of carbonyl (C=O) groups excluding carboxylic acids is 1. The van der Waals surface area contributed by atoms with Gasteiger partial charge in [0.25, 0.3) is 11.8 Å². The van der Waals surface area contributed by atoms with Crippen LogP contribution in [0.1, 0.15) is 23.5 Å². The lowest BCUT2D eigenvalue weighted by molar-refractivity contribution is -0.252. The monoisotopic (exact) mass is 550 g/mol. The van der Waals surface area contributed by atoms with Crippen molar-refractivity contribution in [3.05, 3.63) is 62.5 Å². The number of aliphatic hydroxyl groups is 1. The molecule has 0 bridgehead atoms. The molecule has 1 aromatic heterocycles. The van der Waals surface area contributed by atoms with Gasteiger partial charge in [0, 0.05) is 34.4 Å². The second-order valence-corrected chi connectivity index (χ2v) is 9.49. The van der Waals surface area contributed by atoms with Crippen molar-refractivity contribution in [1.82, 2.24) is 15.2 Å². The summed E-state index contributed by atoms with van der Waals surface area (Å²) in [7, 11) is 0. The second kappa shape index (κ2) is 10.0. The molecule has 1 aromatic carbocycles. The van der Waals surface area contributed by atoms with Crippen LogP contribution in [-0.4, -0.2) is 71.0 Å². The quantitative estimate of drug-likeness (QED) is 0.420. The molecular formula is C22H20ClF5N4O3S. The highest BCUT2D eigenvalue weighted by Gasteiger charge is 2.59. The van der Waals surface area contributed by atoms with Crippen LogP contribution >= 0.6 is 22.9 Å². The normalized spacial score (nSPS) is 22.2. The minimum Gasteiger partial charge on any atom is -0.463 e. The average molecular weight is 551 g/mol. The van der Waals surface area contributed by atoms with E-state index in [2.05, 4.69) is 15.3 Å². The number of carbonyl (C=O) groups is 1. The number of alkyl halides is 4. The number of likely N-dealkylation sites (tertiary alicyclic amines) is 1. The smallest absolute Gasteiger partial charge is 0.338 e. The zero-order valence-electron chi connectivity index (χ0n) is 18.7. The van der Waals surface area contributed by atoms with Gasteiger partial charge in [0.15, 0.2) is 16.9 Å². The molecule has 4 rings (SSSR count). The molecule has 194 valence electrons. The van der Waals surface area contributed by atoms with Crippen LogP contribution in [-0.2, 0) is 9.53 Å². The van der Waals surface area contributed by atoms with E-state index >= 15 is 0 Å². The Labute approximate surface area is 211 Å². The number of benzene rings is 1. The zero-order valence-corrected chi connectivity index (χ0v) is 20.2. The number of thiazole rings is 1. The molecule has 1 fully saturated rings. The van der Waals surface area contributed by atoms with E-state index in [1.165, 1.54) is 23.6 Å². The fourth-order valence-electron chi connectivity index (χ4n) is 4.04.